The van der Waals surface area contributed by atoms with Gasteiger partial charge in [0.15, 0.2) is 0 Å². The van der Waals surface area contributed by atoms with E-state index in [0.29, 0.717) is 12.2 Å². The monoisotopic (exact) mass is 552 g/mol. The van der Waals surface area contributed by atoms with Gasteiger partial charge in [0.05, 0.1) is 5.69 Å². The SMILES string of the molecule is CC(C)CNC(=O)[C@@H](C)N(Cc1ccc(Br)cc1)C(=O)CN(c1ccccc1)S(=O)(=O)N(C)C. The average Bonchev–Trinajstić information content (AvgIpc) is 2.80. The van der Waals surface area contributed by atoms with Crippen LogP contribution in [0.4, 0.5) is 5.69 Å². The molecule has 0 bridgehead atoms. The predicted molar refractivity (Wildman–Crippen MR) is 138 cm³/mol. The number of nitrogens with one attached hydrogen (secondary N) is 1. The van der Waals surface area contributed by atoms with Crippen molar-refractivity contribution in [3.05, 3.63) is 64.6 Å². The number of amides is 2. The van der Waals surface area contributed by atoms with Crippen LogP contribution in [0.2, 0.25) is 0 Å². The number of hydrogen-bond donors (Lipinski definition) is 1. The highest BCUT2D eigenvalue weighted by atomic mass is 79.9. The first-order valence-corrected chi connectivity index (χ1v) is 13.2. The van der Waals surface area contributed by atoms with Crippen molar-refractivity contribution in [1.82, 2.24) is 14.5 Å². The van der Waals surface area contributed by atoms with Gasteiger partial charge in [-0.3, -0.25) is 9.59 Å². The molecule has 2 rings (SSSR count). The Morgan fingerprint density at radius 2 is 1.56 bits per heavy atom. The molecule has 0 aliphatic carbocycles. The fraction of sp³-hybridized carbons (Fsp3) is 0.417. The quantitative estimate of drug-likeness (QED) is 0.463. The number of hydrogen-bond acceptors (Lipinski definition) is 4. The molecule has 186 valence electrons. The second-order valence-corrected chi connectivity index (χ2v) is 11.6. The van der Waals surface area contributed by atoms with Gasteiger partial charge < -0.3 is 10.2 Å². The zero-order valence-electron chi connectivity index (χ0n) is 20.2. The number of para-hydroxylation sites is 1. The topological polar surface area (TPSA) is 90.0 Å². The molecule has 34 heavy (non-hydrogen) atoms. The molecule has 0 aliphatic heterocycles. The van der Waals surface area contributed by atoms with Gasteiger partial charge in [-0.15, -0.1) is 0 Å². The van der Waals surface area contributed by atoms with Crippen molar-refractivity contribution >= 4 is 43.6 Å². The van der Waals surface area contributed by atoms with Crippen LogP contribution in [-0.2, 0) is 26.3 Å². The molecule has 0 radical (unpaired) electrons. The van der Waals surface area contributed by atoms with E-state index in [2.05, 4.69) is 21.2 Å². The lowest BCUT2D eigenvalue weighted by molar-refractivity contribution is -0.139. The fourth-order valence-electron chi connectivity index (χ4n) is 3.13. The number of rotatable bonds is 11. The summed E-state index contributed by atoms with van der Waals surface area (Å²) in [7, 11) is -1.13. The Morgan fingerprint density at radius 3 is 2.09 bits per heavy atom. The van der Waals surface area contributed by atoms with Crippen molar-refractivity contribution in [2.24, 2.45) is 5.92 Å². The molecule has 10 heteroatoms. The Kier molecular flexibility index (Phi) is 10.1. The molecule has 0 saturated heterocycles. The third-order valence-electron chi connectivity index (χ3n) is 5.18. The van der Waals surface area contributed by atoms with E-state index in [1.807, 2.05) is 38.1 Å². The summed E-state index contributed by atoms with van der Waals surface area (Å²) in [5.74, 6) is -0.518. The first-order valence-electron chi connectivity index (χ1n) is 11.0. The van der Waals surface area contributed by atoms with E-state index in [1.165, 1.54) is 19.0 Å². The Balaban J connectivity index is 2.39. The fourth-order valence-corrected chi connectivity index (χ4v) is 4.45. The normalized spacial score (nSPS) is 12.5. The first kappa shape index (κ1) is 27.8. The van der Waals surface area contributed by atoms with Gasteiger partial charge in [0.1, 0.15) is 12.6 Å². The smallest absolute Gasteiger partial charge is 0.304 e. The molecule has 0 unspecified atom stereocenters. The van der Waals surface area contributed by atoms with Gasteiger partial charge in [0.2, 0.25) is 11.8 Å². The van der Waals surface area contributed by atoms with Crippen LogP contribution in [0.25, 0.3) is 0 Å². The minimum atomic E-state index is -3.95. The summed E-state index contributed by atoms with van der Waals surface area (Å²) in [5, 5.41) is 2.87. The third kappa shape index (κ3) is 7.54. The van der Waals surface area contributed by atoms with E-state index in [0.717, 1.165) is 18.6 Å². The molecule has 0 saturated carbocycles. The standard InChI is InChI=1S/C24H33BrN4O4S/c1-18(2)15-26-24(31)19(3)28(16-20-11-13-21(25)14-12-20)23(30)17-29(34(32,33)27(4)5)22-9-7-6-8-10-22/h6-14,18-19H,15-17H2,1-5H3,(H,26,31)/t19-/m1/s1. The van der Waals surface area contributed by atoms with Crippen molar-refractivity contribution < 1.29 is 18.0 Å². The van der Waals surface area contributed by atoms with Crippen molar-refractivity contribution in [1.29, 1.82) is 0 Å². The van der Waals surface area contributed by atoms with E-state index >= 15 is 0 Å². The summed E-state index contributed by atoms with van der Waals surface area (Å²) in [6.45, 7) is 5.82. The minimum Gasteiger partial charge on any atom is -0.354 e. The van der Waals surface area contributed by atoms with E-state index < -0.39 is 28.7 Å². The number of carbonyl (C=O) groups is 2. The maximum Gasteiger partial charge on any atom is 0.304 e. The van der Waals surface area contributed by atoms with Gasteiger partial charge in [0, 0.05) is 31.7 Å². The summed E-state index contributed by atoms with van der Waals surface area (Å²) < 4.78 is 29.1. The largest absolute Gasteiger partial charge is 0.354 e. The van der Waals surface area contributed by atoms with Gasteiger partial charge in [0.25, 0.3) is 0 Å². The molecule has 1 atom stereocenters. The number of benzene rings is 2. The molecule has 2 aromatic rings. The summed E-state index contributed by atoms with van der Waals surface area (Å²) in [6, 6.07) is 15.1. The molecule has 0 heterocycles. The van der Waals surface area contributed by atoms with Crippen molar-refractivity contribution in [3.8, 4) is 0 Å². The maximum atomic E-state index is 13.6. The molecule has 0 fully saturated rings. The Morgan fingerprint density at radius 1 is 0.971 bits per heavy atom. The van der Waals surface area contributed by atoms with E-state index in [4.69, 9.17) is 0 Å². The molecule has 2 aromatic carbocycles. The first-order chi connectivity index (χ1) is 15.9. The third-order valence-corrected chi connectivity index (χ3v) is 7.53. The van der Waals surface area contributed by atoms with Crippen LogP contribution in [0.1, 0.15) is 26.3 Å². The summed E-state index contributed by atoms with van der Waals surface area (Å²) in [4.78, 5) is 27.8. The van der Waals surface area contributed by atoms with Gasteiger partial charge in [-0.05, 0) is 42.7 Å². The average molecular weight is 554 g/mol. The van der Waals surface area contributed by atoms with Crippen LogP contribution in [0.3, 0.4) is 0 Å². The summed E-state index contributed by atoms with van der Waals surface area (Å²) >= 11 is 3.40. The highest BCUT2D eigenvalue weighted by Crippen LogP contribution is 2.21. The molecule has 2 amide bonds. The molecular formula is C24H33BrN4O4S. The molecule has 0 spiro atoms. The Bertz CT molecular complexity index is 1060. The molecule has 0 aliphatic rings. The van der Waals surface area contributed by atoms with Crippen molar-refractivity contribution in [3.63, 3.8) is 0 Å². The number of anilines is 1. The van der Waals surface area contributed by atoms with Crippen molar-refractivity contribution in [2.45, 2.75) is 33.4 Å². The number of halogens is 1. The van der Waals surface area contributed by atoms with Crippen LogP contribution in [0.5, 0.6) is 0 Å². The van der Waals surface area contributed by atoms with Crippen LogP contribution in [0, 0.1) is 5.92 Å². The molecule has 0 aromatic heterocycles. The van der Waals surface area contributed by atoms with Crippen LogP contribution >= 0.6 is 15.9 Å². The van der Waals surface area contributed by atoms with E-state index in [9.17, 15) is 18.0 Å². The van der Waals surface area contributed by atoms with Gasteiger partial charge in [-0.2, -0.15) is 12.7 Å². The van der Waals surface area contributed by atoms with Gasteiger partial charge >= 0.3 is 10.2 Å². The summed E-state index contributed by atoms with van der Waals surface area (Å²) in [5.41, 5.74) is 1.19. The lowest BCUT2D eigenvalue weighted by Gasteiger charge is -2.33. The minimum absolute atomic E-state index is 0.160. The van der Waals surface area contributed by atoms with Gasteiger partial charge in [-0.1, -0.05) is 60.1 Å². The predicted octanol–water partition coefficient (Wildman–Crippen LogP) is 3.25. The van der Waals surface area contributed by atoms with E-state index in [1.54, 1.807) is 37.3 Å². The highest BCUT2D eigenvalue weighted by molar-refractivity contribution is 9.10. The molecule has 1 N–H and O–H groups in total. The lowest BCUT2D eigenvalue weighted by Crippen LogP contribution is -2.52. The second-order valence-electron chi connectivity index (χ2n) is 8.60. The van der Waals surface area contributed by atoms with Crippen LogP contribution in [0.15, 0.2) is 59.1 Å². The Hall–Kier alpha value is -2.43. The van der Waals surface area contributed by atoms with Gasteiger partial charge in [-0.25, -0.2) is 4.31 Å². The van der Waals surface area contributed by atoms with Crippen LogP contribution < -0.4 is 9.62 Å². The molecular weight excluding hydrogens is 520 g/mol. The molecule has 8 nitrogen and oxygen atoms in total. The number of carbonyl (C=O) groups excluding carboxylic acids is 2. The maximum absolute atomic E-state index is 13.6. The zero-order chi connectivity index (χ0) is 25.5. The lowest BCUT2D eigenvalue weighted by atomic mass is 10.1. The number of nitrogens with zero attached hydrogens (tertiary/aromatic N) is 3. The Labute approximate surface area is 211 Å². The van der Waals surface area contributed by atoms with E-state index in [-0.39, 0.29) is 18.4 Å². The summed E-state index contributed by atoms with van der Waals surface area (Å²) in [6.07, 6.45) is 0. The second kappa shape index (κ2) is 12.3. The van der Waals surface area contributed by atoms with Crippen LogP contribution in [-0.4, -0.2) is 62.7 Å². The zero-order valence-corrected chi connectivity index (χ0v) is 22.6. The highest BCUT2D eigenvalue weighted by Gasteiger charge is 2.32. The van der Waals surface area contributed by atoms with Crippen molar-refractivity contribution in [2.75, 3.05) is 31.5 Å².